The summed E-state index contributed by atoms with van der Waals surface area (Å²) in [6.07, 6.45) is 5.01. The van der Waals surface area contributed by atoms with Gasteiger partial charge in [0.05, 0.1) is 6.04 Å². The first-order chi connectivity index (χ1) is 12.5. The highest BCUT2D eigenvalue weighted by Crippen LogP contribution is 2.39. The first kappa shape index (κ1) is 17.2. The number of rotatable bonds is 4. The Balaban J connectivity index is 1.36. The van der Waals surface area contributed by atoms with Gasteiger partial charge in [-0.1, -0.05) is 0 Å². The number of H-pyrrole nitrogens is 1. The minimum atomic E-state index is -0.0693. The fourth-order valence-corrected chi connectivity index (χ4v) is 4.54. The van der Waals surface area contributed by atoms with Crippen molar-refractivity contribution in [3.05, 3.63) is 29.6 Å². The van der Waals surface area contributed by atoms with Crippen molar-refractivity contribution < 1.29 is 4.79 Å². The van der Waals surface area contributed by atoms with Crippen LogP contribution in [0.15, 0.2) is 12.4 Å². The third kappa shape index (κ3) is 3.25. The number of hydrogen-bond acceptors (Lipinski definition) is 5. The third-order valence-electron chi connectivity index (χ3n) is 6.02. The summed E-state index contributed by atoms with van der Waals surface area (Å²) in [6.45, 7) is 6.28. The van der Waals surface area contributed by atoms with Crippen LogP contribution in [0.5, 0.6) is 0 Å². The van der Waals surface area contributed by atoms with Gasteiger partial charge >= 0.3 is 0 Å². The highest BCUT2D eigenvalue weighted by molar-refractivity contribution is 5.92. The summed E-state index contributed by atoms with van der Waals surface area (Å²) in [6, 6.07) is 2.31. The minimum absolute atomic E-state index is 0.0693. The van der Waals surface area contributed by atoms with Crippen molar-refractivity contribution in [2.45, 2.75) is 45.2 Å². The Morgan fingerprint density at radius 3 is 2.85 bits per heavy atom. The highest BCUT2D eigenvalue weighted by Gasteiger charge is 2.40. The van der Waals surface area contributed by atoms with Gasteiger partial charge in [-0.2, -0.15) is 5.10 Å². The molecule has 4 atom stereocenters. The average molecular weight is 357 g/mol. The van der Waals surface area contributed by atoms with Crippen LogP contribution >= 0.6 is 0 Å². The van der Waals surface area contributed by atoms with Gasteiger partial charge in [-0.3, -0.25) is 14.8 Å². The number of fused-ring (bicyclic) bond motifs is 1. The molecule has 0 aromatic carbocycles. The van der Waals surface area contributed by atoms with E-state index < -0.39 is 0 Å². The molecular weight excluding hydrogens is 330 g/mol. The van der Waals surface area contributed by atoms with Crippen molar-refractivity contribution in [2.75, 3.05) is 13.1 Å². The molecule has 4 rings (SSSR count). The molecule has 8 heteroatoms. The second-order valence-corrected chi connectivity index (χ2v) is 7.87. The summed E-state index contributed by atoms with van der Waals surface area (Å²) in [5.41, 5.74) is 1.39. The molecule has 0 radical (unpaired) electrons. The number of carbonyl (C=O) groups is 1. The lowest BCUT2D eigenvalue weighted by Gasteiger charge is -2.31. The summed E-state index contributed by atoms with van der Waals surface area (Å²) in [4.78, 5) is 14.9. The van der Waals surface area contributed by atoms with Crippen LogP contribution in [0.2, 0.25) is 0 Å². The normalized spacial score (nSPS) is 27.3. The van der Waals surface area contributed by atoms with Gasteiger partial charge < -0.3 is 9.88 Å². The number of carbonyl (C=O) groups excluding carboxylic acids is 1. The number of hydrogen-bond donors (Lipinski definition) is 2. The fraction of sp³-hybridized carbons (Fsp3) is 0.667. The number of aromatic nitrogens is 5. The number of nitrogens with zero attached hydrogens (tertiary/aromatic N) is 5. The third-order valence-corrected chi connectivity index (χ3v) is 6.02. The van der Waals surface area contributed by atoms with Crippen molar-refractivity contribution in [1.82, 2.24) is 35.2 Å². The molecule has 0 spiro atoms. The van der Waals surface area contributed by atoms with Crippen molar-refractivity contribution in [2.24, 2.45) is 18.9 Å². The van der Waals surface area contributed by atoms with Crippen LogP contribution in [0.4, 0.5) is 0 Å². The lowest BCUT2D eigenvalue weighted by Crippen LogP contribution is -2.40. The Labute approximate surface area is 153 Å². The van der Waals surface area contributed by atoms with Crippen LogP contribution < -0.4 is 5.32 Å². The van der Waals surface area contributed by atoms with Crippen molar-refractivity contribution in [1.29, 1.82) is 0 Å². The molecule has 1 aliphatic carbocycles. The second kappa shape index (κ2) is 6.83. The van der Waals surface area contributed by atoms with Crippen LogP contribution in [0, 0.1) is 18.8 Å². The van der Waals surface area contributed by atoms with Crippen LogP contribution in [0.3, 0.4) is 0 Å². The van der Waals surface area contributed by atoms with Gasteiger partial charge in [0.2, 0.25) is 0 Å². The van der Waals surface area contributed by atoms with Gasteiger partial charge in [0.1, 0.15) is 17.8 Å². The number of amides is 1. The summed E-state index contributed by atoms with van der Waals surface area (Å²) < 4.78 is 2.00. The van der Waals surface area contributed by atoms with E-state index in [9.17, 15) is 4.79 Å². The molecule has 1 saturated carbocycles. The topological polar surface area (TPSA) is 91.7 Å². The smallest absolute Gasteiger partial charge is 0.271 e. The average Bonchev–Trinajstić information content (AvgIpc) is 3.33. The Hall–Kier alpha value is -2.22. The van der Waals surface area contributed by atoms with Crippen LogP contribution in [-0.4, -0.2) is 54.9 Å². The predicted molar refractivity (Wildman–Crippen MR) is 96.4 cm³/mol. The molecule has 3 heterocycles. The number of aryl methyl sites for hydroxylation is 2. The molecule has 2 aromatic heterocycles. The predicted octanol–water partition coefficient (Wildman–Crippen LogP) is 1.44. The molecule has 1 amide bonds. The Morgan fingerprint density at radius 1 is 1.35 bits per heavy atom. The Bertz CT molecular complexity index is 782. The molecule has 0 bridgehead atoms. The van der Waals surface area contributed by atoms with E-state index in [2.05, 4.69) is 37.5 Å². The zero-order valence-corrected chi connectivity index (χ0v) is 15.6. The zero-order valence-electron chi connectivity index (χ0n) is 15.6. The maximum Gasteiger partial charge on any atom is 0.271 e. The molecule has 2 fully saturated rings. The maximum absolute atomic E-state index is 12.4. The first-order valence-corrected chi connectivity index (χ1v) is 9.42. The van der Waals surface area contributed by atoms with E-state index in [-0.39, 0.29) is 18.0 Å². The first-order valence-electron chi connectivity index (χ1n) is 9.42. The standard InChI is InChI=1S/C18H27N7O/c1-11-6-16(22-21-11)18(26)20-15-5-4-13-8-25(9-14(13)7-15)12(2)17-23-19-10-24(17)3/h6,10,12-15H,4-5,7-9H2,1-3H3,(H,20,26)(H,21,22). The molecule has 2 aromatic rings. The molecule has 26 heavy (non-hydrogen) atoms. The summed E-state index contributed by atoms with van der Waals surface area (Å²) in [7, 11) is 2.00. The lowest BCUT2D eigenvalue weighted by atomic mass is 9.79. The molecule has 4 unspecified atom stereocenters. The monoisotopic (exact) mass is 357 g/mol. The molecule has 1 saturated heterocycles. The van der Waals surface area contributed by atoms with Crippen LogP contribution in [0.25, 0.3) is 0 Å². The van der Waals surface area contributed by atoms with E-state index >= 15 is 0 Å². The molecule has 2 aliphatic rings. The number of likely N-dealkylation sites (tertiary alicyclic amines) is 1. The zero-order chi connectivity index (χ0) is 18.3. The van der Waals surface area contributed by atoms with Crippen molar-refractivity contribution in [3.63, 3.8) is 0 Å². The van der Waals surface area contributed by atoms with E-state index in [1.807, 2.05) is 18.5 Å². The lowest BCUT2D eigenvalue weighted by molar-refractivity contribution is 0.0908. The van der Waals surface area contributed by atoms with Crippen LogP contribution in [0.1, 0.15) is 54.2 Å². The van der Waals surface area contributed by atoms with Gasteiger partial charge in [-0.05, 0) is 51.0 Å². The van der Waals surface area contributed by atoms with Gasteiger partial charge in [0.15, 0.2) is 0 Å². The minimum Gasteiger partial charge on any atom is -0.348 e. The van der Waals surface area contributed by atoms with Gasteiger partial charge in [0, 0.05) is 31.9 Å². The molecule has 140 valence electrons. The van der Waals surface area contributed by atoms with E-state index in [1.54, 1.807) is 12.4 Å². The second-order valence-electron chi connectivity index (χ2n) is 7.87. The number of nitrogens with one attached hydrogen (secondary N) is 2. The van der Waals surface area contributed by atoms with Crippen molar-refractivity contribution >= 4 is 5.91 Å². The maximum atomic E-state index is 12.4. The van der Waals surface area contributed by atoms with Crippen LogP contribution in [-0.2, 0) is 7.05 Å². The SMILES string of the molecule is Cc1cc(C(=O)NC2CCC3CN(C(C)c4nncn4C)CC3C2)n[nH]1. The van der Waals surface area contributed by atoms with Gasteiger partial charge in [-0.15, -0.1) is 10.2 Å². The summed E-state index contributed by atoms with van der Waals surface area (Å²) in [5, 5.41) is 18.3. The molecular formula is C18H27N7O. The van der Waals surface area contributed by atoms with E-state index in [0.717, 1.165) is 43.9 Å². The molecule has 8 nitrogen and oxygen atoms in total. The van der Waals surface area contributed by atoms with Gasteiger partial charge in [-0.25, -0.2) is 0 Å². The van der Waals surface area contributed by atoms with E-state index in [0.29, 0.717) is 17.5 Å². The number of aromatic amines is 1. The molecule has 2 N–H and O–H groups in total. The van der Waals surface area contributed by atoms with E-state index in [4.69, 9.17) is 0 Å². The Kier molecular flexibility index (Phi) is 4.52. The van der Waals surface area contributed by atoms with Gasteiger partial charge in [0.25, 0.3) is 5.91 Å². The van der Waals surface area contributed by atoms with Crippen molar-refractivity contribution in [3.8, 4) is 0 Å². The fourth-order valence-electron chi connectivity index (χ4n) is 4.54. The quantitative estimate of drug-likeness (QED) is 0.864. The summed E-state index contributed by atoms with van der Waals surface area (Å²) >= 11 is 0. The Morgan fingerprint density at radius 2 is 2.15 bits per heavy atom. The van der Waals surface area contributed by atoms with E-state index in [1.165, 1.54) is 0 Å². The molecule has 1 aliphatic heterocycles. The highest BCUT2D eigenvalue weighted by atomic mass is 16.2. The summed E-state index contributed by atoms with van der Waals surface area (Å²) in [5.74, 6) is 2.29. The largest absolute Gasteiger partial charge is 0.348 e.